The molecule has 0 aliphatic heterocycles. The first-order chi connectivity index (χ1) is 16.9. The van der Waals surface area contributed by atoms with Crippen LogP contribution in [0.4, 0.5) is 0 Å². The van der Waals surface area contributed by atoms with E-state index in [4.69, 9.17) is 0 Å². The normalized spacial score (nSPS) is 10.1. The third kappa shape index (κ3) is 6.10. The minimum absolute atomic E-state index is 0. The summed E-state index contributed by atoms with van der Waals surface area (Å²) in [5.74, 6) is 0. The zero-order chi connectivity index (χ0) is 23.0. The zero-order valence-electron chi connectivity index (χ0n) is 19.1. The topological polar surface area (TPSA) is 25.8 Å². The van der Waals surface area contributed by atoms with Crippen LogP contribution in [0.25, 0.3) is 44.8 Å². The van der Waals surface area contributed by atoms with Crippen molar-refractivity contribution in [3.63, 3.8) is 0 Å². The summed E-state index contributed by atoms with van der Waals surface area (Å²) in [7, 11) is 0. The van der Waals surface area contributed by atoms with Gasteiger partial charge in [0.05, 0.1) is 0 Å². The van der Waals surface area contributed by atoms with Crippen molar-refractivity contribution in [2.75, 3.05) is 0 Å². The summed E-state index contributed by atoms with van der Waals surface area (Å²) in [6, 6.07) is 45.5. The van der Waals surface area contributed by atoms with Gasteiger partial charge in [-0.15, -0.1) is 24.3 Å². The van der Waals surface area contributed by atoms with Crippen molar-refractivity contribution in [3.8, 4) is 44.8 Å². The van der Waals surface area contributed by atoms with Gasteiger partial charge in [-0.05, 0) is 34.6 Å². The second-order valence-electron chi connectivity index (χ2n) is 7.94. The molecule has 2 nitrogen and oxygen atoms in total. The van der Waals surface area contributed by atoms with Crippen LogP contribution in [0.2, 0.25) is 0 Å². The second-order valence-corrected chi connectivity index (χ2v) is 7.94. The van der Waals surface area contributed by atoms with Crippen molar-refractivity contribution in [2.45, 2.75) is 0 Å². The molecular weight excluding hydrogens is 468 g/mol. The fourth-order valence-corrected chi connectivity index (χ4v) is 3.89. The number of pyridine rings is 2. The van der Waals surface area contributed by atoms with Gasteiger partial charge in [-0.1, -0.05) is 95.1 Å². The Morgan fingerprint density at radius 1 is 0.400 bits per heavy atom. The molecular formula is C32H24FeN2. The molecule has 0 N–H and O–H groups in total. The van der Waals surface area contributed by atoms with Crippen molar-refractivity contribution in [1.82, 2.24) is 9.97 Å². The Balaban J connectivity index is 0.000000160. The van der Waals surface area contributed by atoms with Crippen LogP contribution in [-0.4, -0.2) is 9.97 Å². The molecule has 2 aromatic heterocycles. The molecule has 0 atom stereocenters. The predicted octanol–water partition coefficient (Wildman–Crippen LogP) is 8.27. The first kappa shape index (κ1) is 24.1. The van der Waals surface area contributed by atoms with E-state index >= 15 is 0 Å². The number of hydrogen-bond acceptors (Lipinski definition) is 2. The Morgan fingerprint density at radius 2 is 0.771 bits per heavy atom. The summed E-state index contributed by atoms with van der Waals surface area (Å²) in [6.45, 7) is 0. The van der Waals surface area contributed by atoms with Gasteiger partial charge in [-0.2, -0.15) is 24.3 Å². The Morgan fingerprint density at radius 3 is 1.14 bits per heavy atom. The molecule has 170 valence electrons. The molecule has 6 rings (SSSR count). The van der Waals surface area contributed by atoms with Gasteiger partial charge in [-0.25, -0.2) is 0 Å². The van der Waals surface area contributed by atoms with Crippen LogP contribution in [0.5, 0.6) is 0 Å². The third-order valence-corrected chi connectivity index (χ3v) is 5.65. The molecule has 0 radical (unpaired) electrons. The Kier molecular flexibility index (Phi) is 8.19. The third-order valence-electron chi connectivity index (χ3n) is 5.65. The smallest absolute Gasteiger partial charge is 0.276 e. The van der Waals surface area contributed by atoms with Crippen LogP contribution in [0.15, 0.2) is 146 Å². The summed E-state index contributed by atoms with van der Waals surface area (Å²) in [5.41, 5.74) is 9.25. The quantitative estimate of drug-likeness (QED) is 0.183. The number of nitrogens with zero attached hydrogens (tertiary/aromatic N) is 2. The molecule has 0 aliphatic rings. The van der Waals surface area contributed by atoms with Gasteiger partial charge in [-0.3, -0.25) is 9.97 Å². The van der Waals surface area contributed by atoms with E-state index in [9.17, 15) is 0 Å². The summed E-state index contributed by atoms with van der Waals surface area (Å²) in [4.78, 5) is 8.81. The van der Waals surface area contributed by atoms with Crippen molar-refractivity contribution in [2.24, 2.45) is 0 Å². The van der Waals surface area contributed by atoms with Crippen LogP contribution >= 0.6 is 0 Å². The molecule has 0 saturated carbocycles. The second kappa shape index (κ2) is 11.9. The predicted molar refractivity (Wildman–Crippen MR) is 141 cm³/mol. The number of aromatic nitrogens is 2. The summed E-state index contributed by atoms with van der Waals surface area (Å²) in [5, 5.41) is 0. The molecule has 3 heteroatoms. The van der Waals surface area contributed by atoms with E-state index in [2.05, 4.69) is 94.9 Å². The van der Waals surface area contributed by atoms with Crippen molar-refractivity contribution < 1.29 is 17.1 Å². The van der Waals surface area contributed by atoms with Crippen LogP contribution in [0.3, 0.4) is 0 Å². The van der Waals surface area contributed by atoms with Gasteiger partial charge in [0.15, 0.2) is 0 Å². The van der Waals surface area contributed by atoms with E-state index in [1.807, 2.05) is 60.9 Å². The van der Waals surface area contributed by atoms with Crippen molar-refractivity contribution >= 4 is 0 Å². The molecule has 4 aromatic carbocycles. The Bertz CT molecular complexity index is 1310. The molecule has 0 aliphatic carbocycles. The summed E-state index contributed by atoms with van der Waals surface area (Å²) >= 11 is 0. The van der Waals surface area contributed by atoms with E-state index in [0.29, 0.717) is 0 Å². The van der Waals surface area contributed by atoms with E-state index in [1.54, 1.807) is 0 Å². The summed E-state index contributed by atoms with van der Waals surface area (Å²) in [6.07, 6.45) is 3.73. The van der Waals surface area contributed by atoms with Crippen molar-refractivity contribution in [3.05, 3.63) is 146 Å². The van der Waals surface area contributed by atoms with Crippen LogP contribution in [0, 0.1) is 0 Å². The maximum Gasteiger partial charge on any atom is 2.00 e. The van der Waals surface area contributed by atoms with E-state index in [0.717, 1.165) is 11.4 Å². The van der Waals surface area contributed by atoms with Gasteiger partial charge >= 0.3 is 17.1 Å². The molecule has 0 spiro atoms. The molecule has 0 saturated heterocycles. The van der Waals surface area contributed by atoms with Gasteiger partial charge in [0.2, 0.25) is 0 Å². The molecule has 0 bridgehead atoms. The number of benzene rings is 2. The Labute approximate surface area is 217 Å². The standard InChI is InChI=1S/2C16H12N.Fe/c2*1-2-6-13(7-3-1)15-10-11-17-16(12-15)14-8-4-5-9-14;/h2*1-12H;/q2*-1;+2. The van der Waals surface area contributed by atoms with Crippen LogP contribution in [0.1, 0.15) is 0 Å². The maximum absolute atomic E-state index is 4.41. The van der Waals surface area contributed by atoms with E-state index in [-0.39, 0.29) is 17.1 Å². The van der Waals surface area contributed by atoms with Crippen molar-refractivity contribution in [1.29, 1.82) is 0 Å². The number of rotatable bonds is 4. The van der Waals surface area contributed by atoms with Crippen LogP contribution < -0.4 is 0 Å². The fourth-order valence-electron chi connectivity index (χ4n) is 3.89. The molecule has 6 aromatic rings. The maximum atomic E-state index is 4.41. The molecule has 0 fully saturated rings. The molecule has 35 heavy (non-hydrogen) atoms. The van der Waals surface area contributed by atoms with Gasteiger partial charge in [0.1, 0.15) is 0 Å². The fraction of sp³-hybridized carbons (Fsp3) is 0. The van der Waals surface area contributed by atoms with Gasteiger partial charge in [0.25, 0.3) is 0 Å². The van der Waals surface area contributed by atoms with E-state index in [1.165, 1.54) is 33.4 Å². The van der Waals surface area contributed by atoms with E-state index < -0.39 is 0 Å². The minimum Gasteiger partial charge on any atom is -0.276 e. The largest absolute Gasteiger partial charge is 2.00 e. The average molecular weight is 492 g/mol. The van der Waals surface area contributed by atoms with Gasteiger partial charge < -0.3 is 0 Å². The molecule has 0 unspecified atom stereocenters. The molecule has 2 heterocycles. The first-order valence-corrected chi connectivity index (χ1v) is 11.3. The SMILES string of the molecule is [Fe+2].c1ccc(-c2ccnc(-[c-]3cccc3)c2)cc1.c1ccc(-c2ccnc(-[c-]3cccc3)c2)cc1. The molecule has 0 amide bonds. The zero-order valence-corrected chi connectivity index (χ0v) is 20.2. The van der Waals surface area contributed by atoms with Crippen LogP contribution in [-0.2, 0) is 17.1 Å². The van der Waals surface area contributed by atoms with Gasteiger partial charge in [0, 0.05) is 12.4 Å². The first-order valence-electron chi connectivity index (χ1n) is 11.3. The Hall–Kier alpha value is -4.04. The summed E-state index contributed by atoms with van der Waals surface area (Å²) < 4.78 is 0. The minimum atomic E-state index is 0. The monoisotopic (exact) mass is 492 g/mol. The number of hydrogen-bond donors (Lipinski definition) is 0. The average Bonchev–Trinajstić information content (AvgIpc) is 3.66.